The van der Waals surface area contributed by atoms with Crippen molar-refractivity contribution in [2.75, 3.05) is 10.6 Å². The summed E-state index contributed by atoms with van der Waals surface area (Å²) in [6.45, 7) is 1.78. The number of hydrogen-bond donors (Lipinski definition) is 4. The van der Waals surface area contributed by atoms with E-state index >= 15 is 0 Å². The number of fused-ring (bicyclic) bond motifs is 1. The zero-order valence-corrected chi connectivity index (χ0v) is 16.7. The summed E-state index contributed by atoms with van der Waals surface area (Å²) in [5.41, 5.74) is 4.03. The van der Waals surface area contributed by atoms with E-state index in [0.29, 0.717) is 17.9 Å². The second-order valence-corrected chi connectivity index (χ2v) is 6.46. The first-order valence-electron chi connectivity index (χ1n) is 9.38. The Hall–Kier alpha value is -4.40. The Kier molecular flexibility index (Phi) is 7.15. The van der Waals surface area contributed by atoms with E-state index in [1.54, 1.807) is 24.3 Å². The highest BCUT2D eigenvalue weighted by Gasteiger charge is 2.06. The van der Waals surface area contributed by atoms with E-state index in [0.717, 1.165) is 16.3 Å². The lowest BCUT2D eigenvalue weighted by Crippen LogP contribution is -2.35. The van der Waals surface area contributed by atoms with Gasteiger partial charge in [0.1, 0.15) is 0 Å². The van der Waals surface area contributed by atoms with Gasteiger partial charge < -0.3 is 15.5 Å². The number of benzene rings is 3. The summed E-state index contributed by atoms with van der Waals surface area (Å²) >= 11 is 0. The van der Waals surface area contributed by atoms with Crippen LogP contribution < -0.4 is 21.4 Å². The lowest BCUT2D eigenvalue weighted by Gasteiger charge is -2.08. The van der Waals surface area contributed by atoms with E-state index in [4.69, 9.17) is 0 Å². The number of hydroxylamine groups is 1. The van der Waals surface area contributed by atoms with Gasteiger partial charge in [-0.05, 0) is 40.6 Å². The fourth-order valence-corrected chi connectivity index (χ4v) is 2.79. The SMILES string of the molecule is CC(=O)Nc1ccc(NC(=O)NOC(=O)NC=NCc2cccc3ccccc23)cc1. The van der Waals surface area contributed by atoms with Crippen LogP contribution in [0.1, 0.15) is 12.5 Å². The largest absolute Gasteiger partial charge is 0.436 e. The summed E-state index contributed by atoms with van der Waals surface area (Å²) in [6.07, 6.45) is 0.322. The molecule has 0 aromatic heterocycles. The van der Waals surface area contributed by atoms with Crippen LogP contribution in [-0.2, 0) is 16.2 Å². The number of aliphatic imine (C=N–C) groups is 1. The fourth-order valence-electron chi connectivity index (χ4n) is 2.79. The van der Waals surface area contributed by atoms with Gasteiger partial charge in [0.05, 0.1) is 12.9 Å². The number of urea groups is 1. The lowest BCUT2D eigenvalue weighted by atomic mass is 10.1. The van der Waals surface area contributed by atoms with Gasteiger partial charge in [0.2, 0.25) is 5.91 Å². The summed E-state index contributed by atoms with van der Waals surface area (Å²) in [7, 11) is 0. The minimum Gasteiger partial charge on any atom is -0.326 e. The van der Waals surface area contributed by atoms with Gasteiger partial charge >= 0.3 is 12.1 Å². The van der Waals surface area contributed by atoms with Gasteiger partial charge in [-0.2, -0.15) is 5.48 Å². The van der Waals surface area contributed by atoms with Crippen LogP contribution in [0.25, 0.3) is 10.8 Å². The topological polar surface area (TPSA) is 121 Å². The molecule has 0 saturated carbocycles. The molecule has 0 spiro atoms. The van der Waals surface area contributed by atoms with Gasteiger partial charge in [-0.3, -0.25) is 15.1 Å². The smallest absolute Gasteiger partial charge is 0.326 e. The van der Waals surface area contributed by atoms with E-state index in [1.807, 2.05) is 47.9 Å². The summed E-state index contributed by atoms with van der Waals surface area (Å²) in [6, 6.07) is 19.6. The molecule has 3 rings (SSSR count). The molecule has 3 aromatic rings. The predicted molar refractivity (Wildman–Crippen MR) is 119 cm³/mol. The summed E-state index contributed by atoms with van der Waals surface area (Å²) in [5, 5.41) is 9.61. The van der Waals surface area contributed by atoms with E-state index in [1.165, 1.54) is 13.3 Å². The second kappa shape index (κ2) is 10.4. The van der Waals surface area contributed by atoms with Gasteiger partial charge in [-0.1, -0.05) is 42.5 Å². The van der Waals surface area contributed by atoms with E-state index in [-0.39, 0.29) is 5.91 Å². The number of nitrogens with zero attached hydrogens (tertiary/aromatic N) is 1. The lowest BCUT2D eigenvalue weighted by molar-refractivity contribution is -0.114. The molecule has 0 aliphatic heterocycles. The molecule has 0 radical (unpaired) electrons. The van der Waals surface area contributed by atoms with Crippen LogP contribution in [0.5, 0.6) is 0 Å². The molecule has 0 saturated heterocycles. The quantitative estimate of drug-likeness (QED) is 0.286. The Morgan fingerprint density at radius 1 is 0.903 bits per heavy atom. The molecule has 0 aliphatic rings. The molecule has 0 bridgehead atoms. The molecule has 0 unspecified atom stereocenters. The molecular formula is C22H21N5O4. The van der Waals surface area contributed by atoms with Crippen molar-refractivity contribution in [3.8, 4) is 0 Å². The maximum Gasteiger partial charge on any atom is 0.436 e. The number of carbonyl (C=O) groups excluding carboxylic acids is 3. The maximum absolute atomic E-state index is 11.8. The highest BCUT2D eigenvalue weighted by Crippen LogP contribution is 2.18. The van der Waals surface area contributed by atoms with E-state index in [9.17, 15) is 14.4 Å². The average molecular weight is 419 g/mol. The predicted octanol–water partition coefficient (Wildman–Crippen LogP) is 3.79. The van der Waals surface area contributed by atoms with Gasteiger partial charge in [0.25, 0.3) is 0 Å². The summed E-state index contributed by atoms with van der Waals surface area (Å²) < 4.78 is 0. The normalized spacial score (nSPS) is 10.5. The number of hydrogen-bond acceptors (Lipinski definition) is 5. The van der Waals surface area contributed by atoms with Crippen molar-refractivity contribution in [2.24, 2.45) is 4.99 Å². The van der Waals surface area contributed by atoms with Gasteiger partial charge in [-0.15, -0.1) is 0 Å². The van der Waals surface area contributed by atoms with Crippen LogP contribution in [0.4, 0.5) is 21.0 Å². The van der Waals surface area contributed by atoms with Crippen LogP contribution in [0.2, 0.25) is 0 Å². The first-order valence-corrected chi connectivity index (χ1v) is 9.38. The van der Waals surface area contributed by atoms with Crippen LogP contribution in [-0.4, -0.2) is 24.4 Å². The highest BCUT2D eigenvalue weighted by molar-refractivity contribution is 5.92. The molecule has 158 valence electrons. The molecule has 9 nitrogen and oxygen atoms in total. The number of carbonyl (C=O) groups is 3. The Bertz CT molecular complexity index is 1110. The van der Waals surface area contributed by atoms with Crippen LogP contribution in [0.3, 0.4) is 0 Å². The monoisotopic (exact) mass is 419 g/mol. The average Bonchev–Trinajstić information content (AvgIpc) is 2.76. The standard InChI is InChI=1S/C22H21N5O4/c1-15(28)25-18-9-11-19(12-10-18)26-21(29)27-31-22(30)24-14-23-13-17-7-4-6-16-5-2-3-8-20(16)17/h2-12,14H,13H2,1H3,(H,25,28)(H,23,24,30)(H2,26,27,29). The maximum atomic E-state index is 11.8. The number of nitrogens with one attached hydrogen (secondary N) is 4. The zero-order chi connectivity index (χ0) is 22.1. The third kappa shape index (κ3) is 6.57. The Labute approximate surface area is 178 Å². The molecule has 4 amide bonds. The van der Waals surface area contributed by atoms with Crippen molar-refractivity contribution < 1.29 is 19.2 Å². The Morgan fingerprint density at radius 2 is 1.58 bits per heavy atom. The first kappa shape index (κ1) is 21.3. The number of anilines is 2. The van der Waals surface area contributed by atoms with Crippen molar-refractivity contribution in [3.05, 3.63) is 72.3 Å². The second-order valence-electron chi connectivity index (χ2n) is 6.46. The highest BCUT2D eigenvalue weighted by atomic mass is 16.7. The summed E-state index contributed by atoms with van der Waals surface area (Å²) in [5.74, 6) is -0.196. The van der Waals surface area contributed by atoms with E-state index in [2.05, 4.69) is 25.8 Å². The third-order valence-corrected chi connectivity index (χ3v) is 4.11. The van der Waals surface area contributed by atoms with Crippen molar-refractivity contribution in [1.82, 2.24) is 10.8 Å². The minimum absolute atomic E-state index is 0.196. The number of rotatable bonds is 5. The molecular weight excluding hydrogens is 398 g/mol. The Balaban J connectivity index is 1.40. The van der Waals surface area contributed by atoms with Crippen molar-refractivity contribution in [2.45, 2.75) is 13.5 Å². The van der Waals surface area contributed by atoms with Gasteiger partial charge in [-0.25, -0.2) is 9.59 Å². The molecule has 0 atom stereocenters. The fraction of sp³-hybridized carbons (Fsp3) is 0.0909. The molecule has 4 N–H and O–H groups in total. The molecule has 0 heterocycles. The first-order chi connectivity index (χ1) is 15.0. The van der Waals surface area contributed by atoms with Crippen LogP contribution >= 0.6 is 0 Å². The van der Waals surface area contributed by atoms with Crippen molar-refractivity contribution >= 4 is 46.5 Å². The number of amides is 4. The third-order valence-electron chi connectivity index (χ3n) is 4.11. The van der Waals surface area contributed by atoms with Crippen LogP contribution in [0, 0.1) is 0 Å². The molecule has 3 aromatic carbocycles. The molecule has 9 heteroatoms. The molecule has 0 fully saturated rings. The van der Waals surface area contributed by atoms with Gasteiger partial charge in [0.15, 0.2) is 0 Å². The minimum atomic E-state index is -0.891. The van der Waals surface area contributed by atoms with Crippen molar-refractivity contribution in [1.29, 1.82) is 0 Å². The molecule has 31 heavy (non-hydrogen) atoms. The van der Waals surface area contributed by atoms with E-state index < -0.39 is 12.1 Å². The van der Waals surface area contributed by atoms with Gasteiger partial charge in [0, 0.05) is 18.3 Å². The summed E-state index contributed by atoms with van der Waals surface area (Å²) in [4.78, 5) is 43.2. The van der Waals surface area contributed by atoms with Crippen LogP contribution in [0.15, 0.2) is 71.7 Å². The Morgan fingerprint density at radius 3 is 2.32 bits per heavy atom. The van der Waals surface area contributed by atoms with Crippen molar-refractivity contribution in [3.63, 3.8) is 0 Å². The molecule has 0 aliphatic carbocycles. The zero-order valence-electron chi connectivity index (χ0n) is 16.7.